The van der Waals surface area contributed by atoms with E-state index in [0.29, 0.717) is 24.7 Å². The lowest BCUT2D eigenvalue weighted by Crippen LogP contribution is -2.45. The molecule has 2 heterocycles. The fourth-order valence-electron chi connectivity index (χ4n) is 2.63. The van der Waals surface area contributed by atoms with Crippen molar-refractivity contribution in [3.63, 3.8) is 0 Å². The van der Waals surface area contributed by atoms with Crippen molar-refractivity contribution in [1.29, 1.82) is 0 Å². The van der Waals surface area contributed by atoms with Gasteiger partial charge in [-0.25, -0.2) is 0 Å². The Balaban J connectivity index is 0.00000147. The van der Waals surface area contributed by atoms with E-state index in [1.807, 2.05) is 24.3 Å². The number of morpholine rings is 1. The molecular weight excluding hydrogens is 301 g/mol. The fraction of sp³-hybridized carbons (Fsp3) is 0.500. The quantitative estimate of drug-likeness (QED) is 0.785. The van der Waals surface area contributed by atoms with Crippen LogP contribution in [-0.4, -0.2) is 43.2 Å². The molecule has 0 bridgehead atoms. The maximum Gasteiger partial charge on any atom is 0.324 e. The normalized spacial score (nSPS) is 26.9. The highest BCUT2D eigenvalue weighted by atomic mass is 35.5. The zero-order chi connectivity index (χ0) is 13.2. The molecule has 2 aliphatic rings. The number of rotatable bonds is 2. The molecule has 3 rings (SSSR count). The lowest BCUT2D eigenvalue weighted by atomic mass is 10.0. The van der Waals surface area contributed by atoms with Crippen LogP contribution >= 0.6 is 24.0 Å². The van der Waals surface area contributed by atoms with Crippen molar-refractivity contribution in [2.75, 3.05) is 26.3 Å². The first-order chi connectivity index (χ1) is 9.24. The number of cyclic esters (lactones) is 1. The van der Waals surface area contributed by atoms with Gasteiger partial charge in [0.25, 0.3) is 0 Å². The molecular formula is C14H17Cl2NO3. The lowest BCUT2D eigenvalue weighted by Gasteiger charge is -2.29. The number of benzene rings is 1. The molecule has 0 saturated carbocycles. The summed E-state index contributed by atoms with van der Waals surface area (Å²) in [6.45, 7) is 2.98. The summed E-state index contributed by atoms with van der Waals surface area (Å²) in [5.41, 5.74) is 1.01. The summed E-state index contributed by atoms with van der Waals surface area (Å²) in [7, 11) is 0. The lowest BCUT2D eigenvalue weighted by molar-refractivity contribution is -0.146. The zero-order valence-corrected chi connectivity index (χ0v) is 12.5. The van der Waals surface area contributed by atoms with E-state index in [9.17, 15) is 4.79 Å². The summed E-state index contributed by atoms with van der Waals surface area (Å²) >= 11 is 5.87. The second kappa shape index (κ2) is 6.76. The first-order valence-electron chi connectivity index (χ1n) is 6.52. The Kier molecular flexibility index (Phi) is 5.27. The molecule has 4 nitrogen and oxygen atoms in total. The summed E-state index contributed by atoms with van der Waals surface area (Å²) in [4.78, 5) is 14.1. The van der Waals surface area contributed by atoms with Gasteiger partial charge in [0.1, 0.15) is 12.1 Å². The molecule has 0 aromatic heterocycles. The van der Waals surface area contributed by atoms with E-state index in [0.717, 1.165) is 18.7 Å². The van der Waals surface area contributed by atoms with E-state index >= 15 is 0 Å². The number of carbonyl (C=O) groups is 1. The predicted octanol–water partition coefficient (Wildman–Crippen LogP) is 2.45. The SMILES string of the molecule is Cl.O=C1OC(c2ccc(Cl)cc2)CC1N1CCOCC1. The average molecular weight is 318 g/mol. The molecule has 2 aliphatic heterocycles. The van der Waals surface area contributed by atoms with E-state index in [-0.39, 0.29) is 30.5 Å². The number of carbonyl (C=O) groups excluding carboxylic acids is 1. The first kappa shape index (κ1) is 15.6. The molecule has 0 N–H and O–H groups in total. The van der Waals surface area contributed by atoms with Gasteiger partial charge in [0.2, 0.25) is 0 Å². The highest BCUT2D eigenvalue weighted by molar-refractivity contribution is 6.30. The average Bonchev–Trinajstić information content (AvgIpc) is 2.83. The van der Waals surface area contributed by atoms with Gasteiger partial charge < -0.3 is 9.47 Å². The number of hydrogen-bond acceptors (Lipinski definition) is 4. The van der Waals surface area contributed by atoms with Crippen LogP contribution in [0, 0.1) is 0 Å². The van der Waals surface area contributed by atoms with Crippen molar-refractivity contribution >= 4 is 30.0 Å². The molecule has 110 valence electrons. The summed E-state index contributed by atoms with van der Waals surface area (Å²) in [5.74, 6) is -0.123. The minimum Gasteiger partial charge on any atom is -0.456 e. The van der Waals surface area contributed by atoms with Gasteiger partial charge in [0.05, 0.1) is 13.2 Å². The highest BCUT2D eigenvalue weighted by Crippen LogP contribution is 2.33. The van der Waals surface area contributed by atoms with Crippen molar-refractivity contribution in [2.24, 2.45) is 0 Å². The van der Waals surface area contributed by atoms with Crippen molar-refractivity contribution in [2.45, 2.75) is 18.6 Å². The van der Waals surface area contributed by atoms with Crippen LogP contribution in [0.2, 0.25) is 5.02 Å². The molecule has 1 aromatic carbocycles. The van der Waals surface area contributed by atoms with Gasteiger partial charge in [0.15, 0.2) is 0 Å². The van der Waals surface area contributed by atoms with E-state index in [4.69, 9.17) is 21.1 Å². The Bertz CT molecular complexity index is 460. The smallest absolute Gasteiger partial charge is 0.324 e. The van der Waals surface area contributed by atoms with E-state index in [2.05, 4.69) is 4.90 Å². The Morgan fingerprint density at radius 3 is 2.45 bits per heavy atom. The summed E-state index contributed by atoms with van der Waals surface area (Å²) < 4.78 is 10.8. The predicted molar refractivity (Wildman–Crippen MR) is 78.3 cm³/mol. The second-order valence-electron chi connectivity index (χ2n) is 4.88. The molecule has 0 amide bonds. The largest absolute Gasteiger partial charge is 0.456 e. The van der Waals surface area contributed by atoms with Crippen molar-refractivity contribution in [3.05, 3.63) is 34.9 Å². The Labute approximate surface area is 129 Å². The van der Waals surface area contributed by atoms with Crippen LogP contribution < -0.4 is 0 Å². The number of ether oxygens (including phenoxy) is 2. The minimum absolute atomic E-state index is 0. The molecule has 0 aliphatic carbocycles. The van der Waals surface area contributed by atoms with Crippen LogP contribution in [0.1, 0.15) is 18.1 Å². The molecule has 0 spiro atoms. The van der Waals surface area contributed by atoms with Gasteiger partial charge in [-0.2, -0.15) is 0 Å². The number of esters is 1. The van der Waals surface area contributed by atoms with E-state index < -0.39 is 0 Å². The number of halogens is 2. The summed E-state index contributed by atoms with van der Waals surface area (Å²) in [5, 5.41) is 0.692. The van der Waals surface area contributed by atoms with Gasteiger partial charge in [-0.05, 0) is 17.7 Å². The van der Waals surface area contributed by atoms with Crippen molar-refractivity contribution < 1.29 is 14.3 Å². The van der Waals surface area contributed by atoms with Gasteiger partial charge in [-0.15, -0.1) is 12.4 Å². The van der Waals surface area contributed by atoms with Crippen molar-refractivity contribution in [1.82, 2.24) is 4.90 Å². The van der Waals surface area contributed by atoms with Crippen LogP contribution in [-0.2, 0) is 14.3 Å². The van der Waals surface area contributed by atoms with E-state index in [1.54, 1.807) is 0 Å². The third-order valence-corrected chi connectivity index (χ3v) is 3.95. The molecule has 1 aromatic rings. The maximum absolute atomic E-state index is 12.0. The molecule has 0 radical (unpaired) electrons. The zero-order valence-electron chi connectivity index (χ0n) is 11.0. The summed E-state index contributed by atoms with van der Waals surface area (Å²) in [6.07, 6.45) is 0.554. The summed E-state index contributed by atoms with van der Waals surface area (Å²) in [6, 6.07) is 7.35. The molecule has 2 saturated heterocycles. The third-order valence-electron chi connectivity index (χ3n) is 3.70. The molecule has 20 heavy (non-hydrogen) atoms. The van der Waals surface area contributed by atoms with Crippen LogP contribution in [0.15, 0.2) is 24.3 Å². The maximum atomic E-state index is 12.0. The Morgan fingerprint density at radius 2 is 1.80 bits per heavy atom. The Morgan fingerprint density at radius 1 is 1.15 bits per heavy atom. The molecule has 6 heteroatoms. The number of hydrogen-bond donors (Lipinski definition) is 0. The monoisotopic (exact) mass is 317 g/mol. The third kappa shape index (κ3) is 3.26. The fourth-order valence-corrected chi connectivity index (χ4v) is 2.76. The van der Waals surface area contributed by atoms with Crippen LogP contribution in [0.3, 0.4) is 0 Å². The molecule has 2 atom stereocenters. The minimum atomic E-state index is -0.155. The van der Waals surface area contributed by atoms with E-state index in [1.165, 1.54) is 0 Å². The second-order valence-corrected chi connectivity index (χ2v) is 5.31. The van der Waals surface area contributed by atoms with Gasteiger partial charge in [-0.1, -0.05) is 23.7 Å². The standard InChI is InChI=1S/C14H16ClNO3.ClH/c15-11-3-1-10(2-4-11)13-9-12(14(17)19-13)16-5-7-18-8-6-16;/h1-4,12-13H,5-9H2;1H. The van der Waals surface area contributed by atoms with Crippen molar-refractivity contribution in [3.8, 4) is 0 Å². The molecule has 2 unspecified atom stereocenters. The molecule has 2 fully saturated rings. The van der Waals surface area contributed by atoms with Crippen LogP contribution in [0.4, 0.5) is 0 Å². The highest BCUT2D eigenvalue weighted by Gasteiger charge is 2.39. The van der Waals surface area contributed by atoms with Gasteiger partial charge >= 0.3 is 5.97 Å². The first-order valence-corrected chi connectivity index (χ1v) is 6.89. The van der Waals surface area contributed by atoms with Crippen LogP contribution in [0.5, 0.6) is 0 Å². The Hall–Kier alpha value is -0.810. The van der Waals surface area contributed by atoms with Crippen LogP contribution in [0.25, 0.3) is 0 Å². The number of nitrogens with zero attached hydrogens (tertiary/aromatic N) is 1. The topological polar surface area (TPSA) is 38.8 Å². The van der Waals surface area contributed by atoms with Gasteiger partial charge in [0, 0.05) is 24.5 Å². The van der Waals surface area contributed by atoms with Gasteiger partial charge in [-0.3, -0.25) is 9.69 Å².